The molecule has 1 fully saturated rings. The SMILES string of the molecule is CC1CCCN(c2nc(C(C)(C)C)c(C(=N)N)s2)C1. The van der Waals surface area contributed by atoms with Gasteiger partial charge in [0.25, 0.3) is 0 Å². The van der Waals surface area contributed by atoms with Crippen LogP contribution in [0.3, 0.4) is 0 Å². The lowest BCUT2D eigenvalue weighted by Gasteiger charge is -2.30. The van der Waals surface area contributed by atoms with E-state index in [2.05, 4.69) is 32.6 Å². The van der Waals surface area contributed by atoms with Crippen molar-refractivity contribution < 1.29 is 0 Å². The second-order valence-corrected chi connectivity index (χ2v) is 7.51. The summed E-state index contributed by atoms with van der Waals surface area (Å²) in [6.07, 6.45) is 2.52. The number of thiazole rings is 1. The zero-order valence-corrected chi connectivity index (χ0v) is 13.1. The van der Waals surface area contributed by atoms with Gasteiger partial charge in [0.2, 0.25) is 0 Å². The van der Waals surface area contributed by atoms with Gasteiger partial charge in [0, 0.05) is 18.5 Å². The van der Waals surface area contributed by atoms with E-state index in [0.29, 0.717) is 0 Å². The third-order valence-corrected chi connectivity index (χ3v) is 4.65. The summed E-state index contributed by atoms with van der Waals surface area (Å²) in [6.45, 7) is 10.8. The minimum Gasteiger partial charge on any atom is -0.383 e. The Morgan fingerprint density at radius 2 is 2.16 bits per heavy atom. The molecule has 0 aromatic carbocycles. The fourth-order valence-electron chi connectivity index (χ4n) is 2.50. The topological polar surface area (TPSA) is 66.0 Å². The van der Waals surface area contributed by atoms with E-state index in [-0.39, 0.29) is 11.3 Å². The molecule has 1 aliphatic heterocycles. The number of piperidine rings is 1. The average Bonchev–Trinajstić information content (AvgIpc) is 2.73. The number of nitrogens with two attached hydrogens (primary N) is 1. The van der Waals surface area contributed by atoms with E-state index in [1.807, 2.05) is 0 Å². The van der Waals surface area contributed by atoms with Gasteiger partial charge >= 0.3 is 0 Å². The molecule has 0 aliphatic carbocycles. The molecule has 4 nitrogen and oxygen atoms in total. The highest BCUT2D eigenvalue weighted by molar-refractivity contribution is 7.17. The molecule has 19 heavy (non-hydrogen) atoms. The summed E-state index contributed by atoms with van der Waals surface area (Å²) in [5.41, 5.74) is 6.60. The number of amidine groups is 1. The maximum atomic E-state index is 7.75. The van der Waals surface area contributed by atoms with E-state index < -0.39 is 0 Å². The lowest BCUT2D eigenvalue weighted by atomic mass is 9.91. The van der Waals surface area contributed by atoms with Crippen LogP contribution in [-0.2, 0) is 5.41 Å². The molecule has 5 heteroatoms. The van der Waals surface area contributed by atoms with Crippen LogP contribution < -0.4 is 10.6 Å². The zero-order chi connectivity index (χ0) is 14.2. The van der Waals surface area contributed by atoms with Crippen LogP contribution in [0, 0.1) is 11.3 Å². The lowest BCUT2D eigenvalue weighted by molar-refractivity contribution is 0.445. The Kier molecular flexibility index (Phi) is 3.85. The molecule has 0 amide bonds. The largest absolute Gasteiger partial charge is 0.383 e. The van der Waals surface area contributed by atoms with Crippen molar-refractivity contribution in [3.05, 3.63) is 10.6 Å². The standard InChI is InChI=1S/C14H24N4S/c1-9-6-5-7-18(8-9)13-17-11(14(2,3)4)10(19-13)12(15)16/h9H,5-8H2,1-4H3,(H3,15,16). The van der Waals surface area contributed by atoms with Gasteiger partial charge in [-0.1, -0.05) is 39.0 Å². The summed E-state index contributed by atoms with van der Waals surface area (Å²) < 4.78 is 0. The molecule has 1 aliphatic rings. The Morgan fingerprint density at radius 3 is 2.63 bits per heavy atom. The van der Waals surface area contributed by atoms with Gasteiger partial charge < -0.3 is 10.6 Å². The predicted molar refractivity (Wildman–Crippen MR) is 82.4 cm³/mol. The van der Waals surface area contributed by atoms with Gasteiger partial charge in [-0.05, 0) is 18.8 Å². The highest BCUT2D eigenvalue weighted by atomic mass is 32.1. The van der Waals surface area contributed by atoms with Gasteiger partial charge in [-0.25, -0.2) is 4.98 Å². The second-order valence-electron chi connectivity index (χ2n) is 6.53. The van der Waals surface area contributed by atoms with Crippen LogP contribution in [0.25, 0.3) is 0 Å². The van der Waals surface area contributed by atoms with Crippen molar-refractivity contribution in [1.29, 1.82) is 5.41 Å². The molecule has 1 unspecified atom stereocenters. The Morgan fingerprint density at radius 1 is 1.47 bits per heavy atom. The van der Waals surface area contributed by atoms with E-state index in [9.17, 15) is 0 Å². The Bertz CT molecular complexity index is 472. The first-order valence-electron chi connectivity index (χ1n) is 6.89. The van der Waals surface area contributed by atoms with E-state index in [4.69, 9.17) is 16.1 Å². The molecule has 1 aromatic rings. The van der Waals surface area contributed by atoms with Crippen molar-refractivity contribution in [2.75, 3.05) is 18.0 Å². The quantitative estimate of drug-likeness (QED) is 0.646. The van der Waals surface area contributed by atoms with E-state index >= 15 is 0 Å². The fraction of sp³-hybridized carbons (Fsp3) is 0.714. The first kappa shape index (κ1) is 14.3. The number of anilines is 1. The van der Waals surface area contributed by atoms with Gasteiger partial charge in [0.05, 0.1) is 10.6 Å². The molecule has 3 N–H and O–H groups in total. The van der Waals surface area contributed by atoms with Crippen LogP contribution >= 0.6 is 11.3 Å². The van der Waals surface area contributed by atoms with Crippen LogP contribution in [0.15, 0.2) is 0 Å². The number of aromatic nitrogens is 1. The highest BCUT2D eigenvalue weighted by Crippen LogP contribution is 2.35. The molecule has 1 atom stereocenters. The molecule has 1 saturated heterocycles. The van der Waals surface area contributed by atoms with E-state index in [0.717, 1.165) is 34.7 Å². The molecule has 1 aromatic heterocycles. The molecule has 0 radical (unpaired) electrons. The van der Waals surface area contributed by atoms with Crippen LogP contribution in [0.5, 0.6) is 0 Å². The summed E-state index contributed by atoms with van der Waals surface area (Å²) in [5.74, 6) is 0.857. The Hall–Kier alpha value is -1.10. The van der Waals surface area contributed by atoms with Crippen molar-refractivity contribution in [2.24, 2.45) is 11.7 Å². The zero-order valence-electron chi connectivity index (χ0n) is 12.3. The minimum atomic E-state index is -0.0723. The van der Waals surface area contributed by atoms with Crippen LogP contribution in [0.4, 0.5) is 5.13 Å². The van der Waals surface area contributed by atoms with Crippen molar-refractivity contribution in [2.45, 2.75) is 46.0 Å². The fourth-order valence-corrected chi connectivity index (χ4v) is 3.67. The second kappa shape index (κ2) is 5.12. The van der Waals surface area contributed by atoms with Crippen LogP contribution in [-0.4, -0.2) is 23.9 Å². The van der Waals surface area contributed by atoms with Gasteiger partial charge in [-0.2, -0.15) is 0 Å². The van der Waals surface area contributed by atoms with Crippen molar-refractivity contribution in [3.63, 3.8) is 0 Å². The number of nitrogens with one attached hydrogen (secondary N) is 1. The molecule has 106 valence electrons. The van der Waals surface area contributed by atoms with Gasteiger partial charge in [0.1, 0.15) is 5.84 Å². The summed E-state index contributed by atoms with van der Waals surface area (Å²) in [5, 5.41) is 8.78. The lowest BCUT2D eigenvalue weighted by Crippen LogP contribution is -2.34. The third kappa shape index (κ3) is 3.08. The Balaban J connectivity index is 2.35. The molecule has 0 spiro atoms. The van der Waals surface area contributed by atoms with E-state index in [1.165, 1.54) is 12.8 Å². The van der Waals surface area contributed by atoms with E-state index in [1.54, 1.807) is 11.3 Å². The molecule has 2 rings (SSSR count). The Labute approximate surface area is 119 Å². The van der Waals surface area contributed by atoms with Crippen LogP contribution in [0.1, 0.15) is 51.1 Å². The molecule has 0 saturated carbocycles. The number of hydrogen-bond acceptors (Lipinski definition) is 4. The van der Waals surface area contributed by atoms with Crippen molar-refractivity contribution >= 4 is 22.3 Å². The van der Waals surface area contributed by atoms with Crippen LogP contribution in [0.2, 0.25) is 0 Å². The number of nitrogens with zero attached hydrogens (tertiary/aromatic N) is 2. The van der Waals surface area contributed by atoms with Crippen molar-refractivity contribution in [3.8, 4) is 0 Å². The van der Waals surface area contributed by atoms with Gasteiger partial charge in [-0.3, -0.25) is 5.41 Å². The number of hydrogen-bond donors (Lipinski definition) is 2. The smallest absolute Gasteiger partial charge is 0.186 e. The monoisotopic (exact) mass is 280 g/mol. The summed E-state index contributed by atoms with van der Waals surface area (Å²) >= 11 is 1.57. The summed E-state index contributed by atoms with van der Waals surface area (Å²) in [7, 11) is 0. The van der Waals surface area contributed by atoms with Crippen molar-refractivity contribution in [1.82, 2.24) is 4.98 Å². The number of rotatable bonds is 2. The van der Waals surface area contributed by atoms with Gasteiger partial charge in [0.15, 0.2) is 5.13 Å². The maximum Gasteiger partial charge on any atom is 0.186 e. The normalized spacial score (nSPS) is 20.6. The molecule has 0 bridgehead atoms. The maximum absolute atomic E-state index is 7.75. The van der Waals surface area contributed by atoms with Gasteiger partial charge in [-0.15, -0.1) is 0 Å². The average molecular weight is 280 g/mol. The summed E-state index contributed by atoms with van der Waals surface area (Å²) in [6, 6.07) is 0. The number of nitrogen functional groups attached to an aromatic ring is 1. The third-order valence-electron chi connectivity index (χ3n) is 3.50. The predicted octanol–water partition coefficient (Wildman–Crippen LogP) is 2.96. The first-order chi connectivity index (χ1) is 8.79. The highest BCUT2D eigenvalue weighted by Gasteiger charge is 2.27. The molecular formula is C14H24N4S. The minimum absolute atomic E-state index is 0.0723. The molecular weight excluding hydrogens is 256 g/mol. The summed E-state index contributed by atoms with van der Waals surface area (Å²) in [4.78, 5) is 7.97. The first-order valence-corrected chi connectivity index (χ1v) is 7.71. The molecule has 2 heterocycles.